The lowest BCUT2D eigenvalue weighted by atomic mass is 9.83. The lowest BCUT2D eigenvalue weighted by Crippen LogP contribution is -2.52. The molecular weight excluding hydrogens is 318 g/mol. The molecule has 0 saturated carbocycles. The van der Waals surface area contributed by atoms with Crippen molar-refractivity contribution in [1.29, 1.82) is 0 Å². The maximum Gasteiger partial charge on any atom is 0.246 e. The van der Waals surface area contributed by atoms with Crippen LogP contribution in [0.15, 0.2) is 24.3 Å². The molecule has 0 aromatic heterocycles. The van der Waals surface area contributed by atoms with Crippen LogP contribution in [0.1, 0.15) is 48.0 Å². The van der Waals surface area contributed by atoms with Crippen LogP contribution in [-0.2, 0) is 14.4 Å². The second-order valence-corrected chi connectivity index (χ2v) is 7.71. The Labute approximate surface area is 151 Å². The highest BCUT2D eigenvalue weighted by atomic mass is 16.2. The Kier molecular flexibility index (Phi) is 8.60. The fourth-order valence-corrected chi connectivity index (χ4v) is 1.93. The predicted octanol–water partition coefficient (Wildman–Crippen LogP) is 1.93. The van der Waals surface area contributed by atoms with Crippen LogP contribution in [0.25, 0.3) is 0 Å². The minimum Gasteiger partial charge on any atom is -0.355 e. The van der Waals surface area contributed by atoms with Gasteiger partial charge in [0.2, 0.25) is 17.7 Å². The molecule has 0 radical (unpaired) electrons. The van der Waals surface area contributed by atoms with Gasteiger partial charge in [-0.1, -0.05) is 40.9 Å². The molecule has 0 rings (SSSR count). The fourth-order valence-electron chi connectivity index (χ4n) is 1.93. The smallest absolute Gasteiger partial charge is 0.246 e. The van der Waals surface area contributed by atoms with Gasteiger partial charge >= 0.3 is 0 Å². The fraction of sp³-hybridized carbons (Fsp3) is 0.632. The van der Waals surface area contributed by atoms with Gasteiger partial charge in [-0.25, -0.2) is 0 Å². The van der Waals surface area contributed by atoms with Gasteiger partial charge in [-0.2, -0.15) is 0 Å². The minimum absolute atomic E-state index is 0.0808. The largest absolute Gasteiger partial charge is 0.355 e. The van der Waals surface area contributed by atoms with Crippen molar-refractivity contribution in [3.8, 4) is 0 Å². The Balaban J connectivity index is 5.18. The molecule has 142 valence electrons. The zero-order valence-electron chi connectivity index (χ0n) is 16.5. The van der Waals surface area contributed by atoms with E-state index in [0.29, 0.717) is 37.2 Å². The minimum atomic E-state index is -0.513. The molecule has 0 spiro atoms. The molecule has 6 nitrogen and oxygen atoms in total. The van der Waals surface area contributed by atoms with E-state index < -0.39 is 10.8 Å². The van der Waals surface area contributed by atoms with Crippen LogP contribution < -0.4 is 16.0 Å². The number of amides is 3. The van der Waals surface area contributed by atoms with Gasteiger partial charge in [0, 0.05) is 41.6 Å². The van der Waals surface area contributed by atoms with Crippen LogP contribution in [0.4, 0.5) is 0 Å². The van der Waals surface area contributed by atoms with Crippen molar-refractivity contribution in [2.75, 3.05) is 19.6 Å². The summed E-state index contributed by atoms with van der Waals surface area (Å²) >= 11 is 0. The average molecular weight is 351 g/mol. The van der Waals surface area contributed by atoms with E-state index in [1.54, 1.807) is 13.8 Å². The molecule has 0 saturated heterocycles. The van der Waals surface area contributed by atoms with Crippen LogP contribution in [0.3, 0.4) is 0 Å². The summed E-state index contributed by atoms with van der Waals surface area (Å²) in [5.41, 5.74) is -0.192. The number of carbonyl (C=O) groups excluding carboxylic acids is 3. The van der Waals surface area contributed by atoms with E-state index in [-0.39, 0.29) is 17.7 Å². The molecule has 0 unspecified atom stereocenters. The second kappa shape index (κ2) is 9.39. The van der Waals surface area contributed by atoms with Crippen molar-refractivity contribution in [3.05, 3.63) is 24.3 Å². The Bertz CT molecular complexity index is 515. The summed E-state index contributed by atoms with van der Waals surface area (Å²) < 4.78 is 0. The maximum atomic E-state index is 12.2. The standard InChI is InChI=1S/C19H33N3O3/c1-9-19(10-20-15(23)13(2)3,11-21-16(24)14(4)5)12-22-17(25)18(6,7)8/h2,4,9-12H2,1,3,5-8H3,(H,20,23)(H,21,24)(H,22,25). The third kappa shape index (κ3) is 8.01. The molecule has 0 aliphatic carbocycles. The van der Waals surface area contributed by atoms with Crippen molar-refractivity contribution >= 4 is 17.7 Å². The van der Waals surface area contributed by atoms with Gasteiger partial charge in [0.1, 0.15) is 0 Å². The highest BCUT2D eigenvalue weighted by Gasteiger charge is 2.32. The number of hydrogen-bond donors (Lipinski definition) is 3. The first-order valence-electron chi connectivity index (χ1n) is 8.50. The summed E-state index contributed by atoms with van der Waals surface area (Å²) in [6.45, 7) is 18.9. The van der Waals surface area contributed by atoms with E-state index >= 15 is 0 Å². The highest BCUT2D eigenvalue weighted by molar-refractivity contribution is 5.92. The molecule has 0 heterocycles. The zero-order valence-corrected chi connectivity index (χ0v) is 16.5. The van der Waals surface area contributed by atoms with E-state index in [4.69, 9.17) is 0 Å². The zero-order chi connectivity index (χ0) is 19.8. The van der Waals surface area contributed by atoms with Gasteiger partial charge in [0.05, 0.1) is 0 Å². The maximum absolute atomic E-state index is 12.2. The second-order valence-electron chi connectivity index (χ2n) is 7.71. The van der Waals surface area contributed by atoms with Gasteiger partial charge in [-0.3, -0.25) is 14.4 Å². The lowest BCUT2D eigenvalue weighted by Gasteiger charge is -2.34. The number of carbonyl (C=O) groups is 3. The number of hydrogen-bond acceptors (Lipinski definition) is 3. The molecule has 0 aliphatic rings. The van der Waals surface area contributed by atoms with Crippen molar-refractivity contribution in [2.45, 2.75) is 48.0 Å². The van der Waals surface area contributed by atoms with Crippen LogP contribution >= 0.6 is 0 Å². The number of nitrogens with one attached hydrogen (secondary N) is 3. The monoisotopic (exact) mass is 351 g/mol. The van der Waals surface area contributed by atoms with Crippen molar-refractivity contribution in [1.82, 2.24) is 16.0 Å². The van der Waals surface area contributed by atoms with Gasteiger partial charge in [-0.15, -0.1) is 0 Å². The summed E-state index contributed by atoms with van der Waals surface area (Å²) in [7, 11) is 0. The van der Waals surface area contributed by atoms with Crippen LogP contribution in [0.2, 0.25) is 0 Å². The van der Waals surface area contributed by atoms with Gasteiger partial charge < -0.3 is 16.0 Å². The first kappa shape index (κ1) is 22.9. The van der Waals surface area contributed by atoms with Gasteiger partial charge in [0.15, 0.2) is 0 Å². The summed E-state index contributed by atoms with van der Waals surface area (Å²) in [5, 5.41) is 8.59. The molecule has 3 N–H and O–H groups in total. The molecule has 0 aromatic carbocycles. The van der Waals surface area contributed by atoms with E-state index in [0.717, 1.165) is 0 Å². The van der Waals surface area contributed by atoms with Crippen LogP contribution in [0, 0.1) is 10.8 Å². The summed E-state index contributed by atoms with van der Waals surface area (Å²) in [6.07, 6.45) is 0.657. The number of rotatable bonds is 9. The molecular formula is C19H33N3O3. The van der Waals surface area contributed by atoms with E-state index in [2.05, 4.69) is 29.1 Å². The topological polar surface area (TPSA) is 87.3 Å². The normalized spacial score (nSPS) is 11.4. The molecule has 0 fully saturated rings. The van der Waals surface area contributed by atoms with Crippen molar-refractivity contribution in [3.63, 3.8) is 0 Å². The van der Waals surface area contributed by atoms with Crippen molar-refractivity contribution < 1.29 is 14.4 Å². The Hall–Kier alpha value is -2.11. The Morgan fingerprint density at radius 1 is 0.800 bits per heavy atom. The first-order chi connectivity index (χ1) is 11.3. The van der Waals surface area contributed by atoms with Crippen molar-refractivity contribution in [2.24, 2.45) is 10.8 Å². The Morgan fingerprint density at radius 2 is 1.16 bits per heavy atom. The van der Waals surface area contributed by atoms with Crippen LogP contribution in [-0.4, -0.2) is 37.4 Å². The molecule has 25 heavy (non-hydrogen) atoms. The van der Waals surface area contributed by atoms with E-state index in [1.165, 1.54) is 0 Å². The first-order valence-corrected chi connectivity index (χ1v) is 8.50. The van der Waals surface area contributed by atoms with E-state index in [9.17, 15) is 14.4 Å². The molecule has 3 amide bonds. The summed E-state index contributed by atoms with van der Waals surface area (Å²) in [5.74, 6) is -0.569. The molecule has 0 bridgehead atoms. The Morgan fingerprint density at radius 3 is 1.44 bits per heavy atom. The third-order valence-corrected chi connectivity index (χ3v) is 4.08. The molecule has 0 aromatic rings. The third-order valence-electron chi connectivity index (χ3n) is 4.08. The average Bonchev–Trinajstić information content (AvgIpc) is 2.52. The van der Waals surface area contributed by atoms with Gasteiger partial charge in [0.25, 0.3) is 0 Å². The quantitative estimate of drug-likeness (QED) is 0.555. The van der Waals surface area contributed by atoms with Gasteiger partial charge in [-0.05, 0) is 20.3 Å². The van der Waals surface area contributed by atoms with Crippen LogP contribution in [0.5, 0.6) is 0 Å². The lowest BCUT2D eigenvalue weighted by molar-refractivity contribution is -0.129. The van der Waals surface area contributed by atoms with E-state index in [1.807, 2.05) is 27.7 Å². The SMILES string of the molecule is C=C(C)C(=O)NCC(CC)(CNC(=O)C(=C)C)CNC(=O)C(C)(C)C. The molecule has 6 heteroatoms. The highest BCUT2D eigenvalue weighted by Crippen LogP contribution is 2.21. The summed E-state index contributed by atoms with van der Waals surface area (Å²) in [6, 6.07) is 0. The predicted molar refractivity (Wildman–Crippen MR) is 101 cm³/mol. The molecule has 0 aliphatic heterocycles. The summed E-state index contributed by atoms with van der Waals surface area (Å²) in [4.78, 5) is 35.9. The molecule has 0 atom stereocenters.